The average Bonchev–Trinajstić information content (AvgIpc) is 2.47. The van der Waals surface area contributed by atoms with Gasteiger partial charge < -0.3 is 9.47 Å². The first-order valence-electron chi connectivity index (χ1n) is 5.98. The number of benzene rings is 2. The van der Waals surface area contributed by atoms with Gasteiger partial charge in [0.05, 0.1) is 0 Å². The fraction of sp³-hybridized carbons (Fsp3) is 0.200. The monoisotopic (exact) mass is 296 g/mol. The Hall–Kier alpha value is -1.75. The Kier molecular flexibility index (Phi) is 4.84. The number of hydrogen-bond donors (Lipinski definition) is 0. The molecule has 0 amide bonds. The molecule has 0 radical (unpaired) electrons. The molecule has 0 unspecified atom stereocenters. The Balaban J connectivity index is 1.92. The van der Waals surface area contributed by atoms with Gasteiger partial charge in [0.15, 0.2) is 0 Å². The molecule has 5 heteroatoms. The van der Waals surface area contributed by atoms with Gasteiger partial charge in [-0.2, -0.15) is 8.78 Å². The second-order valence-corrected chi connectivity index (χ2v) is 4.90. The summed E-state index contributed by atoms with van der Waals surface area (Å²) in [6.45, 7) is 0.433. The molecule has 0 atom stereocenters. The third-order valence-electron chi connectivity index (χ3n) is 2.55. The van der Waals surface area contributed by atoms with Gasteiger partial charge >= 0.3 is 5.44 Å². The predicted molar refractivity (Wildman–Crippen MR) is 76.3 cm³/mol. The van der Waals surface area contributed by atoms with Crippen molar-refractivity contribution in [3.8, 4) is 11.5 Å². The maximum atomic E-state index is 13.0. The van der Waals surface area contributed by atoms with Crippen molar-refractivity contribution in [2.24, 2.45) is 0 Å². The van der Waals surface area contributed by atoms with Crippen LogP contribution in [-0.2, 0) is 6.61 Å². The van der Waals surface area contributed by atoms with E-state index >= 15 is 0 Å². The van der Waals surface area contributed by atoms with Crippen LogP contribution in [0, 0.1) is 0 Å². The molecule has 2 nitrogen and oxygen atoms in total. The topological polar surface area (TPSA) is 18.5 Å². The normalized spacial score (nSPS) is 11.2. The van der Waals surface area contributed by atoms with E-state index in [1.807, 2.05) is 30.3 Å². The molecule has 2 rings (SSSR count). The van der Waals surface area contributed by atoms with Crippen molar-refractivity contribution in [2.75, 3.05) is 6.26 Å². The molecule has 0 aliphatic heterocycles. The summed E-state index contributed by atoms with van der Waals surface area (Å²) in [5.41, 5.74) is -2.17. The highest BCUT2D eigenvalue weighted by atomic mass is 32.2. The van der Waals surface area contributed by atoms with Crippen molar-refractivity contribution >= 4 is 11.8 Å². The number of halogens is 2. The Morgan fingerprint density at radius 3 is 2.15 bits per heavy atom. The molecule has 0 aromatic heterocycles. The number of ether oxygens (including phenoxy) is 2. The zero-order valence-electron chi connectivity index (χ0n) is 10.9. The lowest BCUT2D eigenvalue weighted by atomic mass is 10.2. The summed E-state index contributed by atoms with van der Waals surface area (Å²) in [4.78, 5) is 0. The smallest absolute Gasteiger partial charge is 0.452 e. The lowest BCUT2D eigenvalue weighted by molar-refractivity contribution is -0.0875. The summed E-state index contributed by atoms with van der Waals surface area (Å²) < 4.78 is 36.1. The molecular formula is C15H14F2O2S. The second kappa shape index (κ2) is 6.61. The van der Waals surface area contributed by atoms with Crippen molar-refractivity contribution in [3.63, 3.8) is 0 Å². The molecule has 0 heterocycles. The van der Waals surface area contributed by atoms with E-state index in [0.29, 0.717) is 24.1 Å². The van der Waals surface area contributed by atoms with Crippen LogP contribution in [0.15, 0.2) is 54.6 Å². The molecule has 0 aliphatic rings. The van der Waals surface area contributed by atoms with E-state index in [0.717, 1.165) is 5.56 Å². The number of rotatable bonds is 6. The molecule has 0 N–H and O–H groups in total. The standard InChI is InChI=1S/C15H14F2O2S/c1-20-15(16,17)19-14-9-7-13(8-10-14)18-11-12-5-3-2-4-6-12/h2-10H,11H2,1H3. The van der Waals surface area contributed by atoms with Crippen molar-refractivity contribution in [1.29, 1.82) is 0 Å². The quantitative estimate of drug-likeness (QED) is 0.728. The van der Waals surface area contributed by atoms with Gasteiger partial charge in [0.1, 0.15) is 18.1 Å². The van der Waals surface area contributed by atoms with E-state index in [4.69, 9.17) is 4.74 Å². The van der Waals surface area contributed by atoms with Crippen LogP contribution in [0.4, 0.5) is 8.78 Å². The summed E-state index contributed by atoms with van der Waals surface area (Å²) in [7, 11) is 0. The average molecular weight is 296 g/mol. The summed E-state index contributed by atoms with van der Waals surface area (Å²) in [5, 5.41) is 0. The molecule has 0 saturated heterocycles. The maximum absolute atomic E-state index is 13.0. The second-order valence-electron chi connectivity index (χ2n) is 4.02. The molecule has 2 aromatic rings. The largest absolute Gasteiger partial charge is 0.489 e. The molecule has 106 valence electrons. The maximum Gasteiger partial charge on any atom is 0.452 e. The first-order chi connectivity index (χ1) is 9.59. The summed E-state index contributed by atoms with van der Waals surface area (Å²) in [6.07, 6.45) is 1.29. The highest BCUT2D eigenvalue weighted by Gasteiger charge is 2.30. The van der Waals surface area contributed by atoms with E-state index in [9.17, 15) is 8.78 Å². The highest BCUT2D eigenvalue weighted by molar-refractivity contribution is 7.99. The van der Waals surface area contributed by atoms with Crippen LogP contribution in [0.25, 0.3) is 0 Å². The van der Waals surface area contributed by atoms with Crippen molar-refractivity contribution in [2.45, 2.75) is 12.0 Å². The Bertz CT molecular complexity index is 529. The Morgan fingerprint density at radius 1 is 0.950 bits per heavy atom. The van der Waals surface area contributed by atoms with Gasteiger partial charge in [0, 0.05) is 0 Å². The first-order valence-corrected chi connectivity index (χ1v) is 7.20. The van der Waals surface area contributed by atoms with Gasteiger partial charge in [-0.15, -0.1) is 0 Å². The molecule has 2 aromatic carbocycles. The summed E-state index contributed by atoms with van der Waals surface area (Å²) >= 11 is 0.347. The fourth-order valence-electron chi connectivity index (χ4n) is 1.52. The van der Waals surface area contributed by atoms with Crippen LogP contribution in [0.3, 0.4) is 0 Å². The van der Waals surface area contributed by atoms with Gasteiger partial charge in [-0.25, -0.2) is 0 Å². The van der Waals surface area contributed by atoms with Crippen LogP contribution in [0.5, 0.6) is 11.5 Å². The number of hydrogen-bond acceptors (Lipinski definition) is 3. The van der Waals surface area contributed by atoms with E-state index < -0.39 is 5.44 Å². The lowest BCUT2D eigenvalue weighted by Crippen LogP contribution is -2.18. The Labute approximate surface area is 120 Å². The van der Waals surface area contributed by atoms with E-state index in [-0.39, 0.29) is 5.75 Å². The zero-order valence-corrected chi connectivity index (χ0v) is 11.7. The highest BCUT2D eigenvalue weighted by Crippen LogP contribution is 2.30. The fourth-order valence-corrected chi connectivity index (χ4v) is 1.70. The van der Waals surface area contributed by atoms with Gasteiger partial charge in [-0.3, -0.25) is 0 Å². The van der Waals surface area contributed by atoms with Crippen LogP contribution in [0.1, 0.15) is 5.56 Å². The van der Waals surface area contributed by atoms with Gasteiger partial charge in [0.25, 0.3) is 0 Å². The molecule has 0 saturated carbocycles. The van der Waals surface area contributed by atoms with E-state index in [2.05, 4.69) is 4.74 Å². The third kappa shape index (κ3) is 4.42. The molecule has 0 bridgehead atoms. The lowest BCUT2D eigenvalue weighted by Gasteiger charge is -2.15. The molecular weight excluding hydrogens is 282 g/mol. The minimum Gasteiger partial charge on any atom is -0.489 e. The molecule has 0 spiro atoms. The van der Waals surface area contributed by atoms with Crippen molar-refractivity contribution in [3.05, 3.63) is 60.2 Å². The molecule has 0 aliphatic carbocycles. The van der Waals surface area contributed by atoms with Gasteiger partial charge in [0.2, 0.25) is 0 Å². The number of alkyl halides is 2. The van der Waals surface area contributed by atoms with Gasteiger partial charge in [-0.05, 0) is 47.8 Å². The minimum absolute atomic E-state index is 0.108. The minimum atomic E-state index is -3.22. The van der Waals surface area contributed by atoms with Crippen LogP contribution < -0.4 is 9.47 Å². The number of thioether (sulfide) groups is 1. The summed E-state index contributed by atoms with van der Waals surface area (Å²) in [5.74, 6) is 0.713. The zero-order chi connectivity index (χ0) is 14.4. The van der Waals surface area contributed by atoms with Gasteiger partial charge in [-0.1, -0.05) is 30.3 Å². The van der Waals surface area contributed by atoms with Crippen LogP contribution >= 0.6 is 11.8 Å². The van der Waals surface area contributed by atoms with E-state index in [1.165, 1.54) is 18.4 Å². The summed E-state index contributed by atoms with van der Waals surface area (Å²) in [6, 6.07) is 15.8. The Morgan fingerprint density at radius 2 is 1.55 bits per heavy atom. The third-order valence-corrected chi connectivity index (χ3v) is 3.10. The van der Waals surface area contributed by atoms with Crippen molar-refractivity contribution in [1.82, 2.24) is 0 Å². The molecule has 0 fully saturated rings. The first kappa shape index (κ1) is 14.7. The van der Waals surface area contributed by atoms with Crippen molar-refractivity contribution < 1.29 is 18.3 Å². The molecule has 20 heavy (non-hydrogen) atoms. The van der Waals surface area contributed by atoms with Crippen LogP contribution in [-0.4, -0.2) is 11.7 Å². The SMILES string of the molecule is CSC(F)(F)Oc1ccc(OCc2ccccc2)cc1. The van der Waals surface area contributed by atoms with Crippen LogP contribution in [0.2, 0.25) is 0 Å². The predicted octanol–water partition coefficient (Wildman–Crippen LogP) is 4.56. The van der Waals surface area contributed by atoms with E-state index in [1.54, 1.807) is 12.1 Å².